The van der Waals surface area contributed by atoms with E-state index in [9.17, 15) is 18.0 Å². The maximum Gasteiger partial charge on any atom is 0.307 e. The van der Waals surface area contributed by atoms with Gasteiger partial charge in [0.15, 0.2) is 0 Å². The standard InChI is InChI=1S/C41H56ClN5O7S/c1-7-45(8-2)31-16-19-34-37(28-31)54-38-29-32(46(9-3)10-4)17-20-35(38)41(34)36-27-30(15-18-33(36)40(49)47(41)55(50,51)44(5)6)39(48)43-22-24-53-26-25-52-23-14-12-11-13-21-42/h15-20,27-29H,7-14,21-26H2,1-6H3,(H,43,48). The lowest BCUT2D eigenvalue weighted by Crippen LogP contribution is -2.53. The van der Waals surface area contributed by atoms with Crippen LogP contribution in [0.15, 0.2) is 54.6 Å². The largest absolute Gasteiger partial charge is 0.456 e. The van der Waals surface area contributed by atoms with Crippen LogP contribution in [-0.4, -0.2) is 108 Å². The first kappa shape index (κ1) is 42.3. The maximum atomic E-state index is 14.6. The SMILES string of the molecule is CCN(CC)c1ccc2c(c1)Oc1cc(N(CC)CC)ccc1C21c2cc(C(=O)NCCOCCOCCCCCCCl)ccc2C(=O)N1S(=O)(=O)N(C)C. The van der Waals surface area contributed by atoms with Crippen LogP contribution in [0.5, 0.6) is 11.5 Å². The van der Waals surface area contributed by atoms with Crippen LogP contribution in [-0.2, 0) is 25.2 Å². The average Bonchev–Trinajstić information content (AvgIpc) is 3.44. The average molecular weight is 798 g/mol. The molecule has 3 aromatic rings. The third kappa shape index (κ3) is 8.46. The summed E-state index contributed by atoms with van der Waals surface area (Å²) in [5.41, 5.74) is 1.91. The molecule has 0 fully saturated rings. The Labute approximate surface area is 331 Å². The second-order valence-corrected chi connectivity index (χ2v) is 16.1. The number of ether oxygens (including phenoxy) is 3. The number of nitrogens with one attached hydrogen (secondary N) is 1. The zero-order valence-corrected chi connectivity index (χ0v) is 34.6. The van der Waals surface area contributed by atoms with E-state index >= 15 is 0 Å². The van der Waals surface area contributed by atoms with Gasteiger partial charge in [-0.3, -0.25) is 9.59 Å². The summed E-state index contributed by atoms with van der Waals surface area (Å²) in [6.07, 6.45) is 4.19. The highest BCUT2D eigenvalue weighted by Crippen LogP contribution is 2.59. The third-order valence-electron chi connectivity index (χ3n) is 10.3. The van der Waals surface area contributed by atoms with Crippen molar-refractivity contribution in [1.82, 2.24) is 13.9 Å². The number of alkyl halides is 1. The normalized spacial score (nSPS) is 14.1. The maximum absolute atomic E-state index is 14.6. The zero-order valence-electron chi connectivity index (χ0n) is 33.0. The number of halogens is 1. The Kier molecular flexibility index (Phi) is 14.5. The Morgan fingerprint density at radius 1 is 0.764 bits per heavy atom. The van der Waals surface area contributed by atoms with Crippen molar-refractivity contribution in [1.29, 1.82) is 0 Å². The molecule has 2 heterocycles. The molecular weight excluding hydrogens is 742 g/mol. The molecule has 2 aliphatic heterocycles. The lowest BCUT2D eigenvalue weighted by molar-refractivity contribution is 0.0468. The number of benzene rings is 3. The van der Waals surface area contributed by atoms with Gasteiger partial charge in [-0.15, -0.1) is 11.6 Å². The Morgan fingerprint density at radius 2 is 1.33 bits per heavy atom. The predicted molar refractivity (Wildman–Crippen MR) is 218 cm³/mol. The first-order valence-electron chi connectivity index (χ1n) is 19.4. The third-order valence-corrected chi connectivity index (χ3v) is 12.4. The molecule has 5 rings (SSSR count). The molecule has 0 saturated carbocycles. The molecule has 2 amide bonds. The van der Waals surface area contributed by atoms with Gasteiger partial charge >= 0.3 is 10.2 Å². The predicted octanol–water partition coefficient (Wildman–Crippen LogP) is 6.60. The van der Waals surface area contributed by atoms with Gasteiger partial charge in [-0.1, -0.05) is 25.0 Å². The summed E-state index contributed by atoms with van der Waals surface area (Å²) in [5.74, 6) is 0.469. The number of unbranched alkanes of at least 4 members (excludes halogenated alkanes) is 3. The molecule has 2 aliphatic rings. The summed E-state index contributed by atoms with van der Waals surface area (Å²) in [4.78, 5) is 32.6. The van der Waals surface area contributed by atoms with Gasteiger partial charge in [0.2, 0.25) is 0 Å². The minimum absolute atomic E-state index is 0.184. The van der Waals surface area contributed by atoms with Crippen LogP contribution >= 0.6 is 11.6 Å². The number of nitrogens with zero attached hydrogens (tertiary/aromatic N) is 4. The fourth-order valence-corrected chi connectivity index (χ4v) is 8.89. The van der Waals surface area contributed by atoms with Gasteiger partial charge in [0.05, 0.1) is 19.8 Å². The van der Waals surface area contributed by atoms with Crippen LogP contribution in [0.1, 0.15) is 90.8 Å². The molecule has 55 heavy (non-hydrogen) atoms. The molecule has 0 atom stereocenters. The number of carbonyl (C=O) groups is 2. The number of carbonyl (C=O) groups excluding carboxylic acids is 2. The first-order valence-corrected chi connectivity index (χ1v) is 21.3. The summed E-state index contributed by atoms with van der Waals surface area (Å²) in [7, 11) is -1.60. The van der Waals surface area contributed by atoms with Gasteiger partial charge < -0.3 is 29.3 Å². The molecule has 300 valence electrons. The fraction of sp³-hybridized carbons (Fsp3) is 0.512. The van der Waals surface area contributed by atoms with Crippen molar-refractivity contribution in [3.63, 3.8) is 0 Å². The molecule has 0 unspecified atom stereocenters. The Morgan fingerprint density at radius 3 is 1.87 bits per heavy atom. The minimum Gasteiger partial charge on any atom is -0.456 e. The topological polar surface area (TPSA) is 121 Å². The summed E-state index contributed by atoms with van der Waals surface area (Å²) >= 11 is 5.72. The van der Waals surface area contributed by atoms with E-state index in [1.165, 1.54) is 14.1 Å². The highest BCUT2D eigenvalue weighted by atomic mass is 35.5. The van der Waals surface area contributed by atoms with Gasteiger partial charge in [0.1, 0.15) is 17.0 Å². The van der Waals surface area contributed by atoms with E-state index < -0.39 is 21.7 Å². The van der Waals surface area contributed by atoms with Crippen LogP contribution in [0.4, 0.5) is 11.4 Å². The quantitative estimate of drug-likeness (QED) is 0.0939. The second-order valence-electron chi connectivity index (χ2n) is 13.7. The monoisotopic (exact) mass is 797 g/mol. The molecule has 14 heteroatoms. The molecule has 0 aliphatic carbocycles. The summed E-state index contributed by atoms with van der Waals surface area (Å²) in [5, 5.41) is 2.91. The van der Waals surface area contributed by atoms with E-state index in [0.29, 0.717) is 53.9 Å². The van der Waals surface area contributed by atoms with E-state index in [1.807, 2.05) is 36.4 Å². The van der Waals surface area contributed by atoms with Crippen LogP contribution in [0.2, 0.25) is 0 Å². The van der Waals surface area contributed by atoms with E-state index in [0.717, 1.165) is 71.8 Å². The summed E-state index contributed by atoms with van der Waals surface area (Å²) < 4.78 is 49.0. The van der Waals surface area contributed by atoms with Crippen LogP contribution in [0, 0.1) is 0 Å². The Hall–Kier alpha value is -3.88. The van der Waals surface area contributed by atoms with E-state index in [4.69, 9.17) is 25.8 Å². The van der Waals surface area contributed by atoms with Crippen molar-refractivity contribution in [2.24, 2.45) is 0 Å². The highest BCUT2D eigenvalue weighted by Gasteiger charge is 2.61. The van der Waals surface area contributed by atoms with E-state index in [2.05, 4.69) is 42.8 Å². The zero-order chi connectivity index (χ0) is 39.8. The van der Waals surface area contributed by atoms with E-state index in [-0.39, 0.29) is 30.2 Å². The van der Waals surface area contributed by atoms with Crippen LogP contribution in [0.25, 0.3) is 0 Å². The van der Waals surface area contributed by atoms with E-state index in [1.54, 1.807) is 18.2 Å². The molecule has 0 bridgehead atoms. The lowest BCUT2D eigenvalue weighted by Gasteiger charge is -2.44. The van der Waals surface area contributed by atoms with Gasteiger partial charge in [-0.25, -0.2) is 4.31 Å². The van der Waals surface area contributed by atoms with Gasteiger partial charge in [-0.05, 0) is 70.9 Å². The lowest BCUT2D eigenvalue weighted by atomic mass is 9.75. The summed E-state index contributed by atoms with van der Waals surface area (Å²) in [6, 6.07) is 16.1. The molecule has 3 aromatic carbocycles. The highest BCUT2D eigenvalue weighted by molar-refractivity contribution is 7.87. The molecule has 1 N–H and O–H groups in total. The number of anilines is 2. The second kappa shape index (κ2) is 18.8. The fourth-order valence-electron chi connectivity index (χ4n) is 7.43. The smallest absolute Gasteiger partial charge is 0.307 e. The first-order chi connectivity index (χ1) is 26.5. The molecule has 0 aromatic heterocycles. The van der Waals surface area contributed by atoms with Crippen molar-refractivity contribution in [2.75, 3.05) is 88.9 Å². The Balaban J connectivity index is 1.53. The van der Waals surface area contributed by atoms with Crippen molar-refractivity contribution in [3.8, 4) is 11.5 Å². The summed E-state index contributed by atoms with van der Waals surface area (Å²) in [6.45, 7) is 13.3. The van der Waals surface area contributed by atoms with Crippen LogP contribution in [0.3, 0.4) is 0 Å². The van der Waals surface area contributed by atoms with Gasteiger partial charge in [-0.2, -0.15) is 12.7 Å². The van der Waals surface area contributed by atoms with Crippen molar-refractivity contribution < 1.29 is 32.2 Å². The molecule has 0 saturated heterocycles. The molecule has 12 nitrogen and oxygen atoms in total. The van der Waals surface area contributed by atoms with Crippen LogP contribution < -0.4 is 19.9 Å². The van der Waals surface area contributed by atoms with Crippen molar-refractivity contribution in [3.05, 3.63) is 82.4 Å². The number of hydrogen-bond acceptors (Lipinski definition) is 9. The molecule has 0 radical (unpaired) electrons. The van der Waals surface area contributed by atoms with Gasteiger partial charge in [0.25, 0.3) is 11.8 Å². The Bertz CT molecular complexity index is 1860. The molecule has 1 spiro atoms. The number of rotatable bonds is 21. The number of fused-ring (bicyclic) bond motifs is 6. The minimum atomic E-state index is -4.42. The van der Waals surface area contributed by atoms with Crippen molar-refractivity contribution >= 4 is 45.0 Å². The number of hydrogen-bond donors (Lipinski definition) is 1. The number of amides is 2. The van der Waals surface area contributed by atoms with Crippen molar-refractivity contribution in [2.45, 2.75) is 58.9 Å². The molecular formula is C41H56ClN5O7S. The van der Waals surface area contributed by atoms with Gasteiger partial charge in [0, 0.05) is 111 Å².